The van der Waals surface area contributed by atoms with Gasteiger partial charge in [-0.3, -0.25) is 4.79 Å². The van der Waals surface area contributed by atoms with Crippen LogP contribution in [0.1, 0.15) is 23.4 Å². The lowest BCUT2D eigenvalue weighted by Gasteiger charge is -2.09. The van der Waals surface area contributed by atoms with Crippen molar-refractivity contribution in [3.05, 3.63) is 35.2 Å². The number of carbonyl (C=O) groups excluding carboxylic acids is 1. The lowest BCUT2D eigenvalue weighted by molar-refractivity contribution is -0.116. The second kappa shape index (κ2) is 6.98. The van der Waals surface area contributed by atoms with Gasteiger partial charge in [-0.15, -0.1) is 0 Å². The van der Waals surface area contributed by atoms with E-state index in [2.05, 4.69) is 10.5 Å². The number of hydrogen-bond acceptors (Lipinski definition) is 5. The number of aromatic nitrogens is 1. The second-order valence-corrected chi connectivity index (χ2v) is 4.97. The molecule has 0 unspecified atom stereocenters. The zero-order valence-electron chi connectivity index (χ0n) is 13.2. The number of amides is 1. The Balaban J connectivity index is 1.99. The highest BCUT2D eigenvalue weighted by Gasteiger charge is 2.12. The molecule has 0 saturated carbocycles. The Kier molecular flexibility index (Phi) is 5.04. The van der Waals surface area contributed by atoms with Crippen molar-refractivity contribution in [2.45, 2.75) is 26.7 Å². The lowest BCUT2D eigenvalue weighted by Crippen LogP contribution is -2.13. The molecule has 1 aromatic heterocycles. The molecule has 1 heterocycles. The van der Waals surface area contributed by atoms with Gasteiger partial charge in [0.1, 0.15) is 22.9 Å². The standard InChI is InChI=1S/C16H20N2O4/c1-10-16(11(2)22-18-10)17-15(19)6-5-12-7-13(20-3)9-14(8-12)21-4/h7-9H,5-6H2,1-4H3,(H,17,19). The third kappa shape index (κ3) is 3.78. The maximum atomic E-state index is 12.1. The summed E-state index contributed by atoms with van der Waals surface area (Å²) in [6.45, 7) is 3.56. The van der Waals surface area contributed by atoms with Crippen molar-refractivity contribution < 1.29 is 18.8 Å². The quantitative estimate of drug-likeness (QED) is 0.888. The molecule has 22 heavy (non-hydrogen) atoms. The van der Waals surface area contributed by atoms with E-state index >= 15 is 0 Å². The van der Waals surface area contributed by atoms with Crippen LogP contribution in [-0.2, 0) is 11.2 Å². The summed E-state index contributed by atoms with van der Waals surface area (Å²) in [4.78, 5) is 12.1. The molecule has 1 aromatic carbocycles. The molecule has 118 valence electrons. The first-order valence-corrected chi connectivity index (χ1v) is 6.98. The van der Waals surface area contributed by atoms with Crippen LogP contribution in [0.3, 0.4) is 0 Å². The normalized spacial score (nSPS) is 10.4. The van der Waals surface area contributed by atoms with E-state index in [-0.39, 0.29) is 5.91 Å². The van der Waals surface area contributed by atoms with E-state index < -0.39 is 0 Å². The minimum atomic E-state index is -0.0869. The maximum Gasteiger partial charge on any atom is 0.224 e. The summed E-state index contributed by atoms with van der Waals surface area (Å²) in [5.74, 6) is 1.94. The highest BCUT2D eigenvalue weighted by Crippen LogP contribution is 2.24. The van der Waals surface area contributed by atoms with Gasteiger partial charge in [0.05, 0.1) is 14.2 Å². The van der Waals surface area contributed by atoms with E-state index in [1.165, 1.54) is 0 Å². The number of aryl methyl sites for hydroxylation is 3. The zero-order chi connectivity index (χ0) is 16.1. The number of rotatable bonds is 6. The van der Waals surface area contributed by atoms with Crippen LogP contribution in [0, 0.1) is 13.8 Å². The lowest BCUT2D eigenvalue weighted by atomic mass is 10.1. The molecular formula is C16H20N2O4. The first kappa shape index (κ1) is 15.9. The summed E-state index contributed by atoms with van der Waals surface area (Å²) < 4.78 is 15.5. The molecule has 0 radical (unpaired) electrons. The minimum absolute atomic E-state index is 0.0869. The largest absolute Gasteiger partial charge is 0.497 e. The van der Waals surface area contributed by atoms with Gasteiger partial charge in [0.25, 0.3) is 0 Å². The molecule has 0 aliphatic rings. The molecule has 0 fully saturated rings. The average molecular weight is 304 g/mol. The maximum absolute atomic E-state index is 12.1. The number of nitrogens with one attached hydrogen (secondary N) is 1. The van der Waals surface area contributed by atoms with Crippen molar-refractivity contribution in [1.29, 1.82) is 0 Å². The fourth-order valence-corrected chi connectivity index (χ4v) is 2.13. The van der Waals surface area contributed by atoms with Gasteiger partial charge in [-0.1, -0.05) is 5.16 Å². The smallest absolute Gasteiger partial charge is 0.224 e. The van der Waals surface area contributed by atoms with Crippen LogP contribution >= 0.6 is 0 Å². The summed E-state index contributed by atoms with van der Waals surface area (Å²) >= 11 is 0. The van der Waals surface area contributed by atoms with E-state index in [0.29, 0.717) is 41.5 Å². The molecule has 1 N–H and O–H groups in total. The average Bonchev–Trinajstić information content (AvgIpc) is 2.84. The minimum Gasteiger partial charge on any atom is -0.497 e. The van der Waals surface area contributed by atoms with Crippen molar-refractivity contribution in [3.8, 4) is 11.5 Å². The van der Waals surface area contributed by atoms with Gasteiger partial charge in [0.15, 0.2) is 5.76 Å². The Hall–Kier alpha value is -2.50. The van der Waals surface area contributed by atoms with Crippen LogP contribution in [0.15, 0.2) is 22.7 Å². The van der Waals surface area contributed by atoms with Gasteiger partial charge in [0.2, 0.25) is 5.91 Å². The Morgan fingerprint density at radius 2 is 1.82 bits per heavy atom. The zero-order valence-corrected chi connectivity index (χ0v) is 13.2. The summed E-state index contributed by atoms with van der Waals surface area (Å²) in [5.41, 5.74) is 2.30. The van der Waals surface area contributed by atoms with Gasteiger partial charge in [-0.25, -0.2) is 0 Å². The highest BCUT2D eigenvalue weighted by molar-refractivity contribution is 5.91. The Labute approximate surface area is 129 Å². The van der Waals surface area contributed by atoms with Crippen LogP contribution in [0.4, 0.5) is 5.69 Å². The number of carbonyl (C=O) groups is 1. The van der Waals surface area contributed by atoms with Gasteiger partial charge in [0, 0.05) is 12.5 Å². The second-order valence-electron chi connectivity index (χ2n) is 4.97. The van der Waals surface area contributed by atoms with E-state index in [1.807, 2.05) is 12.1 Å². The number of ether oxygens (including phenoxy) is 2. The molecule has 6 heteroatoms. The summed E-state index contributed by atoms with van der Waals surface area (Å²) in [6.07, 6.45) is 0.934. The summed E-state index contributed by atoms with van der Waals surface area (Å²) in [5, 5.41) is 6.64. The van der Waals surface area contributed by atoms with Crippen LogP contribution in [0.2, 0.25) is 0 Å². The van der Waals surface area contributed by atoms with E-state index in [9.17, 15) is 4.79 Å². The van der Waals surface area contributed by atoms with E-state index in [1.54, 1.807) is 34.1 Å². The molecule has 2 aromatic rings. The van der Waals surface area contributed by atoms with Crippen LogP contribution < -0.4 is 14.8 Å². The fourth-order valence-electron chi connectivity index (χ4n) is 2.13. The van der Waals surface area contributed by atoms with Crippen molar-refractivity contribution >= 4 is 11.6 Å². The molecule has 0 bridgehead atoms. The van der Waals surface area contributed by atoms with Crippen LogP contribution in [0.5, 0.6) is 11.5 Å². The molecule has 0 aliphatic heterocycles. The third-order valence-electron chi connectivity index (χ3n) is 3.35. The molecule has 6 nitrogen and oxygen atoms in total. The molecule has 0 saturated heterocycles. The van der Waals surface area contributed by atoms with Gasteiger partial charge in [-0.05, 0) is 38.0 Å². The van der Waals surface area contributed by atoms with Crippen LogP contribution in [0.25, 0.3) is 0 Å². The Bertz CT molecular complexity index is 622. The number of anilines is 1. The molecule has 2 rings (SSSR count). The number of nitrogens with zero attached hydrogens (tertiary/aromatic N) is 1. The predicted molar refractivity (Wildman–Crippen MR) is 82.5 cm³/mol. The monoisotopic (exact) mass is 304 g/mol. The predicted octanol–water partition coefficient (Wildman–Crippen LogP) is 2.88. The first-order valence-electron chi connectivity index (χ1n) is 6.98. The van der Waals surface area contributed by atoms with Crippen molar-refractivity contribution in [3.63, 3.8) is 0 Å². The molecule has 0 atom stereocenters. The van der Waals surface area contributed by atoms with Crippen molar-refractivity contribution in [2.75, 3.05) is 19.5 Å². The molecular weight excluding hydrogens is 284 g/mol. The third-order valence-corrected chi connectivity index (χ3v) is 3.35. The van der Waals surface area contributed by atoms with Gasteiger partial charge >= 0.3 is 0 Å². The van der Waals surface area contributed by atoms with Crippen LogP contribution in [-0.4, -0.2) is 25.3 Å². The van der Waals surface area contributed by atoms with E-state index in [0.717, 1.165) is 5.56 Å². The van der Waals surface area contributed by atoms with Gasteiger partial charge in [-0.2, -0.15) is 0 Å². The van der Waals surface area contributed by atoms with Gasteiger partial charge < -0.3 is 19.3 Å². The van der Waals surface area contributed by atoms with E-state index in [4.69, 9.17) is 14.0 Å². The summed E-state index contributed by atoms with van der Waals surface area (Å²) in [6, 6.07) is 5.59. The summed E-state index contributed by atoms with van der Waals surface area (Å²) in [7, 11) is 3.20. The van der Waals surface area contributed by atoms with Crippen molar-refractivity contribution in [1.82, 2.24) is 5.16 Å². The first-order chi connectivity index (χ1) is 10.5. The SMILES string of the molecule is COc1cc(CCC(=O)Nc2c(C)noc2C)cc(OC)c1. The molecule has 0 aliphatic carbocycles. The van der Waals surface area contributed by atoms with Crippen molar-refractivity contribution in [2.24, 2.45) is 0 Å². The molecule has 1 amide bonds. The number of methoxy groups -OCH3 is 2. The molecule has 0 spiro atoms. The topological polar surface area (TPSA) is 73.6 Å². The highest BCUT2D eigenvalue weighted by atomic mass is 16.5. The fraction of sp³-hybridized carbons (Fsp3) is 0.375. The number of benzene rings is 1. The Morgan fingerprint density at radius 3 is 2.32 bits per heavy atom. The number of hydrogen-bond donors (Lipinski definition) is 1. The Morgan fingerprint density at radius 1 is 1.18 bits per heavy atom.